The van der Waals surface area contributed by atoms with E-state index in [1.165, 1.54) is 10.5 Å². The Balaban J connectivity index is 1.76. The van der Waals surface area contributed by atoms with E-state index in [-0.39, 0.29) is 0 Å². The molecule has 0 amide bonds. The molecular weight excluding hydrogens is 278 g/mol. The maximum absolute atomic E-state index is 5.61. The number of rotatable bonds is 4. The summed E-state index contributed by atoms with van der Waals surface area (Å²) in [5.74, 6) is 1.18. The predicted molar refractivity (Wildman–Crippen MR) is 74.8 cm³/mol. The van der Waals surface area contributed by atoms with Crippen molar-refractivity contribution in [1.82, 2.24) is 15.0 Å². The summed E-state index contributed by atoms with van der Waals surface area (Å²) < 4.78 is 6.80. The Morgan fingerprint density at radius 3 is 2.95 bits per heavy atom. The molecule has 3 aromatic heterocycles. The highest BCUT2D eigenvalue weighted by atomic mass is 32.2. The molecule has 0 aliphatic carbocycles. The van der Waals surface area contributed by atoms with Crippen LogP contribution in [0, 0.1) is 0 Å². The van der Waals surface area contributed by atoms with Crippen LogP contribution in [0.3, 0.4) is 0 Å². The second-order valence-electron chi connectivity index (χ2n) is 3.52. The number of ether oxygens (including phenoxy) is 1. The summed E-state index contributed by atoms with van der Waals surface area (Å²) in [4.78, 5) is 12.3. The minimum atomic E-state index is 0.516. The molecule has 94 valence electrons. The molecule has 0 bridgehead atoms. The van der Waals surface area contributed by atoms with Crippen LogP contribution in [0.5, 0.6) is 11.6 Å². The van der Waals surface area contributed by atoms with Crippen LogP contribution < -0.4 is 4.74 Å². The van der Waals surface area contributed by atoms with Crippen molar-refractivity contribution in [3.05, 3.63) is 54.4 Å². The number of aromatic nitrogens is 3. The van der Waals surface area contributed by atoms with Gasteiger partial charge in [-0.2, -0.15) is 0 Å². The zero-order valence-corrected chi connectivity index (χ0v) is 11.4. The van der Waals surface area contributed by atoms with Crippen LogP contribution in [0.2, 0.25) is 0 Å². The molecule has 3 heterocycles. The summed E-state index contributed by atoms with van der Waals surface area (Å²) >= 11 is 3.27. The largest absolute Gasteiger partial charge is 0.437 e. The van der Waals surface area contributed by atoms with E-state index in [9.17, 15) is 0 Å². The number of nitrogens with zero attached hydrogens (tertiary/aromatic N) is 3. The number of hydrogen-bond donors (Lipinski definition) is 0. The van der Waals surface area contributed by atoms with Gasteiger partial charge in [0.25, 0.3) is 0 Å². The maximum Gasteiger partial charge on any atom is 0.223 e. The van der Waals surface area contributed by atoms with E-state index in [4.69, 9.17) is 4.74 Å². The van der Waals surface area contributed by atoms with Crippen LogP contribution in [0.1, 0.15) is 0 Å². The molecule has 0 aromatic carbocycles. The van der Waals surface area contributed by atoms with E-state index in [2.05, 4.69) is 21.0 Å². The standard InChI is InChI=1S/C13H9N3OS2/c1-3-10(8-14-5-1)17-11-7-12(16-9-15-11)19-13-4-2-6-18-13/h1-9H. The molecule has 0 aliphatic rings. The molecule has 4 nitrogen and oxygen atoms in total. The minimum absolute atomic E-state index is 0.516. The van der Waals surface area contributed by atoms with Gasteiger partial charge in [-0.25, -0.2) is 9.97 Å². The fraction of sp³-hybridized carbons (Fsp3) is 0. The van der Waals surface area contributed by atoms with Crippen LogP contribution in [0.25, 0.3) is 0 Å². The van der Waals surface area contributed by atoms with Crippen molar-refractivity contribution in [2.24, 2.45) is 0 Å². The molecule has 3 rings (SSSR count). The Kier molecular flexibility index (Phi) is 3.71. The van der Waals surface area contributed by atoms with Gasteiger partial charge in [0.1, 0.15) is 17.1 Å². The zero-order chi connectivity index (χ0) is 12.9. The van der Waals surface area contributed by atoms with Gasteiger partial charge in [-0.15, -0.1) is 11.3 Å². The fourth-order valence-corrected chi connectivity index (χ4v) is 3.06. The summed E-state index contributed by atoms with van der Waals surface area (Å²) in [6.45, 7) is 0. The molecule has 0 saturated heterocycles. The van der Waals surface area contributed by atoms with Gasteiger partial charge in [-0.05, 0) is 23.6 Å². The first-order chi connectivity index (χ1) is 9.40. The molecule has 3 aromatic rings. The minimum Gasteiger partial charge on any atom is -0.437 e. The Bertz CT molecular complexity index is 644. The smallest absolute Gasteiger partial charge is 0.223 e. The van der Waals surface area contributed by atoms with Gasteiger partial charge in [0, 0.05) is 12.3 Å². The summed E-state index contributed by atoms with van der Waals surface area (Å²) in [7, 11) is 0. The normalized spacial score (nSPS) is 10.3. The lowest BCUT2D eigenvalue weighted by Gasteiger charge is -2.04. The van der Waals surface area contributed by atoms with Crippen LogP contribution >= 0.6 is 23.1 Å². The third-order valence-corrected chi connectivity index (χ3v) is 4.14. The summed E-state index contributed by atoms with van der Waals surface area (Å²) in [5, 5.41) is 2.90. The fourth-order valence-electron chi connectivity index (χ4n) is 1.39. The lowest BCUT2D eigenvalue weighted by Crippen LogP contribution is -1.90. The van der Waals surface area contributed by atoms with Crippen molar-refractivity contribution < 1.29 is 4.74 Å². The highest BCUT2D eigenvalue weighted by molar-refractivity contribution is 8.01. The first kappa shape index (κ1) is 12.1. The van der Waals surface area contributed by atoms with Gasteiger partial charge in [0.05, 0.1) is 10.4 Å². The third-order valence-electron chi connectivity index (χ3n) is 2.17. The molecule has 0 fully saturated rings. The van der Waals surface area contributed by atoms with Crippen molar-refractivity contribution in [2.45, 2.75) is 9.24 Å². The molecule has 6 heteroatoms. The molecule has 0 spiro atoms. The predicted octanol–water partition coefficient (Wildman–Crippen LogP) is 3.88. The lowest BCUT2D eigenvalue weighted by molar-refractivity contribution is 0.457. The van der Waals surface area contributed by atoms with E-state index < -0.39 is 0 Å². The quantitative estimate of drug-likeness (QED) is 0.682. The van der Waals surface area contributed by atoms with Crippen molar-refractivity contribution in [3.8, 4) is 11.6 Å². The monoisotopic (exact) mass is 287 g/mol. The van der Waals surface area contributed by atoms with E-state index in [0.29, 0.717) is 11.6 Å². The molecular formula is C13H9N3OS2. The molecule has 0 saturated carbocycles. The van der Waals surface area contributed by atoms with Crippen LogP contribution in [0.4, 0.5) is 0 Å². The zero-order valence-electron chi connectivity index (χ0n) is 9.76. The van der Waals surface area contributed by atoms with Gasteiger partial charge < -0.3 is 4.74 Å². The maximum atomic E-state index is 5.61. The van der Waals surface area contributed by atoms with Crippen molar-refractivity contribution in [2.75, 3.05) is 0 Å². The third kappa shape index (κ3) is 3.30. The Hall–Kier alpha value is -1.92. The SMILES string of the molecule is c1cncc(Oc2cc(Sc3cccs3)ncn2)c1. The molecule has 0 aliphatic heterocycles. The summed E-state index contributed by atoms with van der Waals surface area (Å²) in [5.41, 5.74) is 0. The van der Waals surface area contributed by atoms with Crippen molar-refractivity contribution in [3.63, 3.8) is 0 Å². The molecule has 0 unspecified atom stereocenters. The average molecular weight is 287 g/mol. The second-order valence-corrected chi connectivity index (χ2v) is 5.79. The van der Waals surface area contributed by atoms with Gasteiger partial charge >= 0.3 is 0 Å². The van der Waals surface area contributed by atoms with Crippen molar-refractivity contribution >= 4 is 23.1 Å². The molecule has 0 atom stereocenters. The van der Waals surface area contributed by atoms with Gasteiger partial charge in [0.2, 0.25) is 5.88 Å². The summed E-state index contributed by atoms with van der Waals surface area (Å²) in [6.07, 6.45) is 4.85. The lowest BCUT2D eigenvalue weighted by atomic mass is 10.5. The summed E-state index contributed by atoms with van der Waals surface area (Å²) in [6, 6.07) is 9.54. The van der Waals surface area contributed by atoms with Crippen LogP contribution in [0.15, 0.2) is 63.7 Å². The number of pyridine rings is 1. The average Bonchev–Trinajstić information content (AvgIpc) is 2.93. The van der Waals surface area contributed by atoms with Crippen LogP contribution in [-0.2, 0) is 0 Å². The van der Waals surface area contributed by atoms with Gasteiger partial charge in [0.15, 0.2) is 0 Å². The Morgan fingerprint density at radius 1 is 1.16 bits per heavy atom. The highest BCUT2D eigenvalue weighted by Crippen LogP contribution is 2.31. The molecule has 0 radical (unpaired) electrons. The second kappa shape index (κ2) is 5.81. The molecule has 19 heavy (non-hydrogen) atoms. The topological polar surface area (TPSA) is 47.9 Å². The molecule has 0 N–H and O–H groups in total. The number of hydrogen-bond acceptors (Lipinski definition) is 6. The van der Waals surface area contributed by atoms with E-state index in [1.807, 2.05) is 29.6 Å². The van der Waals surface area contributed by atoms with Crippen LogP contribution in [-0.4, -0.2) is 15.0 Å². The van der Waals surface area contributed by atoms with Gasteiger partial charge in [-0.3, -0.25) is 4.98 Å². The first-order valence-electron chi connectivity index (χ1n) is 5.51. The Labute approximate surface area is 118 Å². The van der Waals surface area contributed by atoms with Crippen molar-refractivity contribution in [1.29, 1.82) is 0 Å². The number of thiophene rings is 1. The van der Waals surface area contributed by atoms with E-state index in [0.717, 1.165) is 5.03 Å². The van der Waals surface area contributed by atoms with E-state index >= 15 is 0 Å². The highest BCUT2D eigenvalue weighted by Gasteiger charge is 2.04. The first-order valence-corrected chi connectivity index (χ1v) is 7.21. The Morgan fingerprint density at radius 2 is 2.16 bits per heavy atom. The van der Waals surface area contributed by atoms with Gasteiger partial charge in [-0.1, -0.05) is 17.8 Å². The van der Waals surface area contributed by atoms with E-state index in [1.54, 1.807) is 35.5 Å².